The van der Waals surface area contributed by atoms with E-state index < -0.39 is 0 Å². The number of nitrogens with zero attached hydrogens (tertiary/aromatic N) is 5. The Hall–Kier alpha value is -3.68. The molecule has 8 heteroatoms. The quantitative estimate of drug-likeness (QED) is 0.521. The highest BCUT2D eigenvalue weighted by Gasteiger charge is 2.17. The first-order valence-corrected chi connectivity index (χ1v) is 9.02. The molecule has 0 bridgehead atoms. The molecule has 3 N–H and O–H groups in total. The fourth-order valence-corrected chi connectivity index (χ4v) is 3.06. The van der Waals surface area contributed by atoms with Crippen LogP contribution in [0.5, 0.6) is 0 Å². The largest absolute Gasteiger partial charge is 0.397 e. The van der Waals surface area contributed by atoms with E-state index in [0.717, 1.165) is 12.1 Å². The second-order valence-corrected chi connectivity index (χ2v) is 6.76. The van der Waals surface area contributed by atoms with Crippen LogP contribution in [0.2, 0.25) is 0 Å². The van der Waals surface area contributed by atoms with Crippen molar-refractivity contribution in [1.82, 2.24) is 14.2 Å². The highest BCUT2D eigenvalue weighted by molar-refractivity contribution is 6.22. The van der Waals surface area contributed by atoms with Gasteiger partial charge in [0.1, 0.15) is 24.6 Å². The lowest BCUT2D eigenvalue weighted by atomic mass is 10.0. The van der Waals surface area contributed by atoms with Gasteiger partial charge in [0.05, 0.1) is 30.5 Å². The van der Waals surface area contributed by atoms with Crippen molar-refractivity contribution in [1.29, 1.82) is 0 Å². The molecule has 0 spiro atoms. The summed E-state index contributed by atoms with van der Waals surface area (Å²) in [6.45, 7) is 3.24. The normalized spacial score (nSPS) is 15.8. The highest BCUT2D eigenvalue weighted by Crippen LogP contribution is 2.30. The summed E-state index contributed by atoms with van der Waals surface area (Å²) in [5.41, 5.74) is 9.13. The van der Waals surface area contributed by atoms with E-state index in [4.69, 9.17) is 10.7 Å². The number of nitrogens with two attached hydrogens (primary N) is 1. The Balaban J connectivity index is 1.66. The zero-order valence-corrected chi connectivity index (χ0v) is 15.8. The number of anilines is 1. The molecule has 1 aliphatic rings. The Bertz CT molecular complexity index is 1150. The number of ketones is 1. The maximum atomic E-state index is 11.8. The number of rotatable bonds is 5. The number of carbonyl (C=O) groups is 1. The van der Waals surface area contributed by atoms with Crippen molar-refractivity contribution in [2.24, 2.45) is 17.8 Å². The number of aliphatic imine (C=N–C) groups is 1. The molecule has 0 atom stereocenters. The highest BCUT2D eigenvalue weighted by atomic mass is 16.1. The number of aromatic nitrogens is 4. The molecule has 0 amide bonds. The van der Waals surface area contributed by atoms with Crippen LogP contribution in [0.15, 0.2) is 71.5 Å². The number of allylic oxidation sites excluding steroid dienone is 3. The van der Waals surface area contributed by atoms with E-state index in [0.29, 0.717) is 35.0 Å². The fraction of sp³-hybridized carbons (Fsp3) is 0.200. The third-order valence-corrected chi connectivity index (χ3v) is 4.56. The van der Waals surface area contributed by atoms with Gasteiger partial charge in [0.25, 0.3) is 0 Å². The molecule has 0 saturated carbocycles. The fourth-order valence-electron chi connectivity index (χ4n) is 3.06. The molecular formula is C20H22N7O+. The molecule has 0 radical (unpaired) electrons. The number of fused-ring (bicyclic) bond motifs is 1. The van der Waals surface area contributed by atoms with Crippen molar-refractivity contribution in [2.45, 2.75) is 13.5 Å². The van der Waals surface area contributed by atoms with Crippen LogP contribution in [0.3, 0.4) is 0 Å². The number of hydrogen-bond donors (Lipinski definition) is 2. The molecule has 3 aromatic rings. The summed E-state index contributed by atoms with van der Waals surface area (Å²) < 4.78 is 5.87. The van der Waals surface area contributed by atoms with Gasteiger partial charge in [0.2, 0.25) is 6.33 Å². The van der Waals surface area contributed by atoms with E-state index in [1.54, 1.807) is 17.5 Å². The Labute approximate surface area is 162 Å². The summed E-state index contributed by atoms with van der Waals surface area (Å²) in [4.78, 5) is 16.5. The van der Waals surface area contributed by atoms with E-state index in [-0.39, 0.29) is 5.78 Å². The minimum atomic E-state index is -0.0884. The first-order valence-electron chi connectivity index (χ1n) is 9.02. The second kappa shape index (κ2) is 7.15. The predicted octanol–water partition coefficient (Wildman–Crippen LogP) is 1.52. The third kappa shape index (κ3) is 3.44. The van der Waals surface area contributed by atoms with Gasteiger partial charge in [0.15, 0.2) is 11.6 Å². The van der Waals surface area contributed by atoms with Crippen LogP contribution >= 0.6 is 0 Å². The first kappa shape index (κ1) is 17.7. The zero-order valence-electron chi connectivity index (χ0n) is 15.8. The van der Waals surface area contributed by atoms with Crippen molar-refractivity contribution in [2.75, 3.05) is 11.9 Å². The van der Waals surface area contributed by atoms with Crippen molar-refractivity contribution < 1.29 is 9.36 Å². The SMILES string of the molecule is CC1=CC(=Nc2c(NCCn3cc[n+](C)c3)nn3ccccc23)C(N)=CC1=O. The Kier molecular flexibility index (Phi) is 4.52. The second-order valence-electron chi connectivity index (χ2n) is 6.76. The maximum Gasteiger partial charge on any atom is 0.243 e. The molecule has 0 aliphatic heterocycles. The first-order chi connectivity index (χ1) is 13.5. The van der Waals surface area contributed by atoms with Crippen LogP contribution < -0.4 is 15.6 Å². The third-order valence-electron chi connectivity index (χ3n) is 4.56. The van der Waals surface area contributed by atoms with Crippen molar-refractivity contribution >= 4 is 28.5 Å². The molecule has 0 aromatic carbocycles. The number of aryl methyl sites for hydroxylation is 1. The van der Waals surface area contributed by atoms with E-state index >= 15 is 0 Å². The monoisotopic (exact) mass is 376 g/mol. The Morgan fingerprint density at radius 2 is 2.14 bits per heavy atom. The summed E-state index contributed by atoms with van der Waals surface area (Å²) in [6.07, 6.45) is 11.0. The van der Waals surface area contributed by atoms with E-state index in [1.807, 2.05) is 54.7 Å². The van der Waals surface area contributed by atoms with Gasteiger partial charge in [0, 0.05) is 12.3 Å². The van der Waals surface area contributed by atoms with E-state index in [1.165, 1.54) is 6.08 Å². The molecule has 3 aromatic heterocycles. The average Bonchev–Trinajstić information content (AvgIpc) is 3.23. The van der Waals surface area contributed by atoms with Gasteiger partial charge in [-0.05, 0) is 30.7 Å². The van der Waals surface area contributed by atoms with Gasteiger partial charge in [-0.25, -0.2) is 18.6 Å². The van der Waals surface area contributed by atoms with Crippen LogP contribution in [-0.4, -0.2) is 32.2 Å². The lowest BCUT2D eigenvalue weighted by molar-refractivity contribution is -0.671. The minimum Gasteiger partial charge on any atom is -0.397 e. The molecule has 1 aliphatic carbocycles. The molecule has 8 nitrogen and oxygen atoms in total. The van der Waals surface area contributed by atoms with Crippen molar-refractivity contribution in [3.63, 3.8) is 0 Å². The van der Waals surface area contributed by atoms with Gasteiger partial charge < -0.3 is 11.1 Å². The molecule has 0 unspecified atom stereocenters. The van der Waals surface area contributed by atoms with Crippen LogP contribution in [0.1, 0.15) is 6.92 Å². The van der Waals surface area contributed by atoms with Gasteiger partial charge in [-0.3, -0.25) is 4.79 Å². The molecule has 3 heterocycles. The topological polar surface area (TPSA) is 93.6 Å². The number of nitrogens with one attached hydrogen (secondary N) is 1. The molecule has 0 saturated heterocycles. The number of hydrogen-bond acceptors (Lipinski definition) is 5. The van der Waals surface area contributed by atoms with Crippen LogP contribution in [0.4, 0.5) is 11.5 Å². The maximum absolute atomic E-state index is 11.8. The smallest absolute Gasteiger partial charge is 0.243 e. The molecule has 4 rings (SSSR count). The minimum absolute atomic E-state index is 0.0884. The molecule has 28 heavy (non-hydrogen) atoms. The summed E-state index contributed by atoms with van der Waals surface area (Å²) in [7, 11) is 1.99. The summed E-state index contributed by atoms with van der Waals surface area (Å²) in [5, 5.41) is 7.98. The molecule has 0 fully saturated rings. The predicted molar refractivity (Wildman–Crippen MR) is 107 cm³/mol. The van der Waals surface area contributed by atoms with E-state index in [9.17, 15) is 4.79 Å². The van der Waals surface area contributed by atoms with Crippen LogP contribution in [-0.2, 0) is 18.4 Å². The number of pyridine rings is 1. The number of carbonyl (C=O) groups excluding carboxylic acids is 1. The van der Waals surface area contributed by atoms with Gasteiger partial charge in [-0.15, -0.1) is 5.10 Å². The molecule has 142 valence electrons. The zero-order chi connectivity index (χ0) is 19.7. The van der Waals surface area contributed by atoms with Crippen molar-refractivity contribution in [3.8, 4) is 0 Å². The average molecular weight is 376 g/mol. The Morgan fingerprint density at radius 3 is 2.93 bits per heavy atom. The Morgan fingerprint density at radius 1 is 1.29 bits per heavy atom. The van der Waals surface area contributed by atoms with Crippen LogP contribution in [0.25, 0.3) is 5.52 Å². The van der Waals surface area contributed by atoms with Gasteiger partial charge in [-0.2, -0.15) is 0 Å². The van der Waals surface area contributed by atoms with Gasteiger partial charge in [-0.1, -0.05) is 6.07 Å². The lowest BCUT2D eigenvalue weighted by Gasteiger charge is -2.09. The summed E-state index contributed by atoms with van der Waals surface area (Å²) >= 11 is 0. The molecular weight excluding hydrogens is 354 g/mol. The van der Waals surface area contributed by atoms with E-state index in [2.05, 4.69) is 15.0 Å². The number of imidazole rings is 1. The van der Waals surface area contributed by atoms with Crippen molar-refractivity contribution in [3.05, 3.63) is 66.5 Å². The lowest BCUT2D eigenvalue weighted by Crippen LogP contribution is -2.24. The summed E-state index contributed by atoms with van der Waals surface area (Å²) in [6, 6.07) is 5.81. The standard InChI is InChI=1S/C20H21N7O/c1-14-11-16(15(21)12-18(14)28)23-19-17-5-3-4-7-27(17)24-20(19)22-6-8-26-10-9-25(2)13-26/h3-5,7,9-13H,6,8H2,1-2H3,(H2-,21,22,24,28)/p+1. The van der Waals surface area contributed by atoms with Crippen LogP contribution in [0, 0.1) is 0 Å². The van der Waals surface area contributed by atoms with Gasteiger partial charge >= 0.3 is 0 Å². The summed E-state index contributed by atoms with van der Waals surface area (Å²) in [5.74, 6) is 0.584.